The van der Waals surface area contributed by atoms with Crippen molar-refractivity contribution in [2.75, 3.05) is 32.6 Å². The second-order valence-electron chi connectivity index (χ2n) is 8.38. The number of nitrogens with zero attached hydrogens (tertiary/aromatic N) is 1. The molecule has 0 spiro atoms. The minimum Gasteiger partial charge on any atom is -0.497 e. The molecule has 0 aromatic heterocycles. The fourth-order valence-corrected chi connectivity index (χ4v) is 5.69. The summed E-state index contributed by atoms with van der Waals surface area (Å²) in [5.74, 6) is 0.699. The number of aryl methyl sites for hydroxylation is 1. The number of rotatable bonds is 7. The molecule has 1 aliphatic rings. The van der Waals surface area contributed by atoms with Crippen molar-refractivity contribution < 1.29 is 22.7 Å². The summed E-state index contributed by atoms with van der Waals surface area (Å²) in [4.78, 5) is 13.1. The molecule has 0 aliphatic carbocycles. The minimum atomic E-state index is -3.77. The van der Waals surface area contributed by atoms with Gasteiger partial charge >= 0.3 is 0 Å². The van der Waals surface area contributed by atoms with E-state index >= 15 is 0 Å². The third kappa shape index (κ3) is 4.91. The van der Waals surface area contributed by atoms with Crippen LogP contribution in [0.2, 0.25) is 0 Å². The normalized spacial score (nSPS) is 15.6. The number of carbonyl (C=O) groups excluding carboxylic acids is 1. The number of sulfonamides is 1. The molecule has 0 radical (unpaired) electrons. The first-order valence-electron chi connectivity index (χ1n) is 10.8. The Hall–Kier alpha value is -2.58. The topological polar surface area (TPSA) is 84.9 Å². The molecule has 2 aromatic rings. The van der Waals surface area contributed by atoms with Crippen LogP contribution < -0.4 is 14.8 Å². The maximum atomic E-state index is 13.3. The molecule has 174 valence electrons. The highest BCUT2D eigenvalue weighted by Gasteiger charge is 2.34. The van der Waals surface area contributed by atoms with E-state index in [-0.39, 0.29) is 41.5 Å². The lowest BCUT2D eigenvalue weighted by Gasteiger charge is -2.31. The molecule has 1 fully saturated rings. The van der Waals surface area contributed by atoms with Gasteiger partial charge in [0.05, 0.1) is 14.2 Å². The number of piperidine rings is 1. The van der Waals surface area contributed by atoms with E-state index in [9.17, 15) is 13.2 Å². The van der Waals surface area contributed by atoms with Crippen LogP contribution in [0.1, 0.15) is 43.7 Å². The molecular formula is C24H32N2O5S. The van der Waals surface area contributed by atoms with Gasteiger partial charge in [0.1, 0.15) is 16.4 Å². The summed E-state index contributed by atoms with van der Waals surface area (Å²) < 4.78 is 38.4. The van der Waals surface area contributed by atoms with Crippen molar-refractivity contribution in [1.82, 2.24) is 4.31 Å². The molecule has 1 heterocycles. The average molecular weight is 461 g/mol. The summed E-state index contributed by atoms with van der Waals surface area (Å²) in [5, 5.41) is 3.11. The molecule has 1 N–H and O–H groups in total. The third-order valence-electron chi connectivity index (χ3n) is 5.99. The molecule has 7 nitrogen and oxygen atoms in total. The van der Waals surface area contributed by atoms with Gasteiger partial charge in [-0.2, -0.15) is 4.31 Å². The van der Waals surface area contributed by atoms with E-state index < -0.39 is 10.0 Å². The first kappa shape index (κ1) is 24.1. The van der Waals surface area contributed by atoms with Gasteiger partial charge in [0.2, 0.25) is 15.9 Å². The molecule has 0 unspecified atom stereocenters. The molecule has 0 bridgehead atoms. The van der Waals surface area contributed by atoms with Crippen LogP contribution in [0.3, 0.4) is 0 Å². The number of carbonyl (C=O) groups is 1. The fraction of sp³-hybridized carbons (Fsp3) is 0.458. The molecule has 32 heavy (non-hydrogen) atoms. The van der Waals surface area contributed by atoms with E-state index in [1.165, 1.54) is 24.6 Å². The highest BCUT2D eigenvalue weighted by molar-refractivity contribution is 7.89. The Morgan fingerprint density at radius 1 is 1.09 bits per heavy atom. The molecular weight excluding hydrogens is 428 g/mol. The van der Waals surface area contributed by atoms with Crippen LogP contribution in [0.15, 0.2) is 41.3 Å². The van der Waals surface area contributed by atoms with E-state index in [4.69, 9.17) is 9.47 Å². The summed E-state index contributed by atoms with van der Waals surface area (Å²) >= 11 is 0. The Morgan fingerprint density at radius 2 is 1.78 bits per heavy atom. The summed E-state index contributed by atoms with van der Waals surface area (Å²) in [5.41, 5.74) is 2.99. The van der Waals surface area contributed by atoms with Crippen LogP contribution in [0.25, 0.3) is 0 Å². The maximum Gasteiger partial charge on any atom is 0.246 e. The first-order chi connectivity index (χ1) is 15.2. The number of hydrogen-bond acceptors (Lipinski definition) is 5. The number of nitrogens with one attached hydrogen (secondary N) is 1. The third-order valence-corrected chi connectivity index (χ3v) is 7.91. The van der Waals surface area contributed by atoms with Gasteiger partial charge in [-0.1, -0.05) is 32.0 Å². The van der Waals surface area contributed by atoms with Gasteiger partial charge in [-0.15, -0.1) is 0 Å². The summed E-state index contributed by atoms with van der Waals surface area (Å²) in [6.45, 7) is 6.72. The summed E-state index contributed by atoms with van der Waals surface area (Å²) in [6.07, 6.45) is 0.917. The summed E-state index contributed by atoms with van der Waals surface area (Å²) in [7, 11) is -0.847. The smallest absolute Gasteiger partial charge is 0.246 e. The van der Waals surface area contributed by atoms with Gasteiger partial charge in [-0.3, -0.25) is 4.79 Å². The number of amides is 1. The maximum absolute atomic E-state index is 13.3. The lowest BCUT2D eigenvalue weighted by atomic mass is 9.95. The van der Waals surface area contributed by atoms with Gasteiger partial charge in [0.15, 0.2) is 0 Å². The van der Waals surface area contributed by atoms with Crippen molar-refractivity contribution in [1.29, 1.82) is 0 Å². The zero-order valence-electron chi connectivity index (χ0n) is 19.3. The van der Waals surface area contributed by atoms with Crippen LogP contribution in [0, 0.1) is 12.8 Å². The van der Waals surface area contributed by atoms with Gasteiger partial charge in [-0.05, 0) is 48.9 Å². The Bertz CT molecular complexity index is 1070. The SMILES string of the molecule is COc1ccc(OC)c(S(=O)(=O)N2CCC(C(=O)Nc3c(C)cccc3C(C)C)CC2)c1. The molecule has 1 aliphatic heterocycles. The van der Waals surface area contributed by atoms with E-state index in [0.29, 0.717) is 18.6 Å². The molecule has 0 saturated carbocycles. The Kier molecular flexibility index (Phi) is 7.46. The quantitative estimate of drug-likeness (QED) is 0.670. The number of para-hydroxylation sites is 1. The monoisotopic (exact) mass is 460 g/mol. The Labute approximate surface area is 190 Å². The van der Waals surface area contributed by atoms with E-state index in [0.717, 1.165) is 16.8 Å². The first-order valence-corrected chi connectivity index (χ1v) is 12.3. The molecule has 1 amide bonds. The molecule has 3 rings (SSSR count). The molecule has 0 atom stereocenters. The van der Waals surface area contributed by atoms with Crippen molar-refractivity contribution in [3.05, 3.63) is 47.5 Å². The number of hydrogen-bond donors (Lipinski definition) is 1. The largest absolute Gasteiger partial charge is 0.497 e. The number of methoxy groups -OCH3 is 2. The molecule has 8 heteroatoms. The zero-order chi connectivity index (χ0) is 23.5. The van der Waals surface area contributed by atoms with E-state index in [1.807, 2.05) is 25.1 Å². The lowest BCUT2D eigenvalue weighted by molar-refractivity contribution is -0.120. The average Bonchev–Trinajstić information content (AvgIpc) is 2.79. The van der Waals surface area contributed by atoms with Crippen LogP contribution in [-0.2, 0) is 14.8 Å². The van der Waals surface area contributed by atoms with Crippen molar-refractivity contribution in [3.63, 3.8) is 0 Å². The van der Waals surface area contributed by atoms with Crippen LogP contribution in [0.4, 0.5) is 5.69 Å². The van der Waals surface area contributed by atoms with Gasteiger partial charge in [0, 0.05) is 30.8 Å². The number of anilines is 1. The van der Waals surface area contributed by atoms with Crippen molar-refractivity contribution >= 4 is 21.6 Å². The van der Waals surface area contributed by atoms with Crippen molar-refractivity contribution in [2.24, 2.45) is 5.92 Å². The fourth-order valence-electron chi connectivity index (χ4n) is 4.05. The number of ether oxygens (including phenoxy) is 2. The second kappa shape index (κ2) is 9.92. The molecule has 1 saturated heterocycles. The van der Waals surface area contributed by atoms with Crippen LogP contribution in [-0.4, -0.2) is 45.9 Å². The van der Waals surface area contributed by atoms with Gasteiger partial charge in [0.25, 0.3) is 0 Å². The predicted octanol–water partition coefficient (Wildman–Crippen LogP) is 4.18. The van der Waals surface area contributed by atoms with Crippen molar-refractivity contribution in [2.45, 2.75) is 44.4 Å². The number of benzene rings is 2. The molecule has 2 aromatic carbocycles. The van der Waals surface area contributed by atoms with E-state index in [1.54, 1.807) is 12.1 Å². The summed E-state index contributed by atoms with van der Waals surface area (Å²) in [6, 6.07) is 10.7. The highest BCUT2D eigenvalue weighted by atomic mass is 32.2. The lowest BCUT2D eigenvalue weighted by Crippen LogP contribution is -2.41. The predicted molar refractivity (Wildman–Crippen MR) is 125 cm³/mol. The van der Waals surface area contributed by atoms with Gasteiger partial charge < -0.3 is 14.8 Å². The highest BCUT2D eigenvalue weighted by Crippen LogP contribution is 2.33. The zero-order valence-corrected chi connectivity index (χ0v) is 20.2. The van der Waals surface area contributed by atoms with Gasteiger partial charge in [-0.25, -0.2) is 8.42 Å². The standard InChI is InChI=1S/C24H32N2O5S/c1-16(2)20-8-6-7-17(3)23(20)25-24(27)18-11-13-26(14-12-18)32(28,29)22-15-19(30-4)9-10-21(22)31-5/h6-10,15-16,18H,11-14H2,1-5H3,(H,25,27). The van der Waals surface area contributed by atoms with Crippen molar-refractivity contribution in [3.8, 4) is 11.5 Å². The Morgan fingerprint density at radius 3 is 2.38 bits per heavy atom. The second-order valence-corrected chi connectivity index (χ2v) is 10.3. The van der Waals surface area contributed by atoms with Crippen LogP contribution >= 0.6 is 0 Å². The van der Waals surface area contributed by atoms with Crippen LogP contribution in [0.5, 0.6) is 11.5 Å². The minimum absolute atomic E-state index is 0.0581. The van der Waals surface area contributed by atoms with E-state index in [2.05, 4.69) is 19.2 Å². The Balaban J connectivity index is 1.72.